The van der Waals surface area contributed by atoms with E-state index in [4.69, 9.17) is 14.2 Å². The molecule has 0 aromatic heterocycles. The molecule has 0 radical (unpaired) electrons. The first-order chi connectivity index (χ1) is 14.6. The summed E-state index contributed by atoms with van der Waals surface area (Å²) < 4.78 is 16.6. The lowest BCUT2D eigenvalue weighted by Gasteiger charge is -2.19. The number of likely N-dealkylation sites (N-methyl/N-ethyl adjacent to an activating group) is 1. The molecule has 0 N–H and O–H groups in total. The normalized spacial score (nSPS) is 10.4. The molecular weight excluding hydrogens is 378 g/mol. The molecule has 30 heavy (non-hydrogen) atoms. The van der Waals surface area contributed by atoms with Crippen LogP contribution in [0.4, 0.5) is 0 Å². The zero-order valence-electron chi connectivity index (χ0n) is 17.6. The Morgan fingerprint density at radius 3 is 2.17 bits per heavy atom. The lowest BCUT2D eigenvalue weighted by molar-refractivity contribution is -0.129. The average molecular weight is 405 g/mol. The third-order valence-corrected chi connectivity index (χ3v) is 4.83. The molecule has 0 aliphatic carbocycles. The van der Waals surface area contributed by atoms with Crippen molar-refractivity contribution in [3.63, 3.8) is 0 Å². The molecule has 0 atom stereocenters. The first kappa shape index (κ1) is 21.2. The van der Waals surface area contributed by atoms with Gasteiger partial charge < -0.3 is 19.1 Å². The van der Waals surface area contributed by atoms with Gasteiger partial charge in [0.2, 0.25) is 5.91 Å². The summed E-state index contributed by atoms with van der Waals surface area (Å²) in [6.07, 6.45) is 0.343. The first-order valence-electron chi connectivity index (χ1n) is 9.79. The Morgan fingerprint density at radius 2 is 1.50 bits per heavy atom. The molecule has 0 spiro atoms. The van der Waals surface area contributed by atoms with Crippen molar-refractivity contribution in [2.24, 2.45) is 0 Å². The summed E-state index contributed by atoms with van der Waals surface area (Å²) >= 11 is 0. The zero-order valence-corrected chi connectivity index (χ0v) is 17.6. The van der Waals surface area contributed by atoms with Crippen molar-refractivity contribution >= 4 is 5.91 Å². The van der Waals surface area contributed by atoms with Crippen molar-refractivity contribution in [1.82, 2.24) is 4.90 Å². The molecule has 0 unspecified atom stereocenters. The number of rotatable bonds is 9. The molecule has 0 saturated carbocycles. The van der Waals surface area contributed by atoms with Gasteiger partial charge in [-0.05, 0) is 41.0 Å². The van der Waals surface area contributed by atoms with Gasteiger partial charge in [-0.15, -0.1) is 0 Å². The molecule has 156 valence electrons. The van der Waals surface area contributed by atoms with Crippen molar-refractivity contribution < 1.29 is 19.0 Å². The van der Waals surface area contributed by atoms with E-state index in [9.17, 15) is 4.79 Å². The van der Waals surface area contributed by atoms with E-state index in [1.165, 1.54) is 0 Å². The molecule has 1 amide bonds. The van der Waals surface area contributed by atoms with Gasteiger partial charge in [0.25, 0.3) is 0 Å². The second-order valence-electron chi connectivity index (χ2n) is 7.03. The van der Waals surface area contributed by atoms with Crippen LogP contribution < -0.4 is 14.2 Å². The Balaban J connectivity index is 1.60. The van der Waals surface area contributed by atoms with Crippen molar-refractivity contribution in [2.45, 2.75) is 19.6 Å². The van der Waals surface area contributed by atoms with Gasteiger partial charge in [0.1, 0.15) is 12.4 Å². The lowest BCUT2D eigenvalue weighted by Crippen LogP contribution is -2.27. The van der Waals surface area contributed by atoms with Crippen LogP contribution in [0.3, 0.4) is 0 Å². The van der Waals surface area contributed by atoms with Gasteiger partial charge in [-0.3, -0.25) is 4.79 Å². The Kier molecular flexibility index (Phi) is 7.33. The minimum absolute atomic E-state index is 0.0449. The predicted molar refractivity (Wildman–Crippen MR) is 117 cm³/mol. The number of benzene rings is 3. The SMILES string of the molecule is COc1ccc(CC(=O)N(C)Cc2ccc(OCc3ccccc3)c(OC)c2)cc1. The zero-order chi connectivity index (χ0) is 21.3. The Bertz CT molecular complexity index is 955. The molecule has 3 rings (SSSR count). The summed E-state index contributed by atoms with van der Waals surface area (Å²) in [5, 5.41) is 0. The molecule has 3 aromatic rings. The van der Waals surface area contributed by atoms with Crippen molar-refractivity contribution in [3.8, 4) is 17.2 Å². The molecule has 0 saturated heterocycles. The average Bonchev–Trinajstić information content (AvgIpc) is 2.79. The molecule has 0 aliphatic heterocycles. The standard InChI is InChI=1S/C25H27NO4/c1-26(25(27)16-19-9-12-22(28-2)13-10-19)17-21-11-14-23(24(15-21)29-3)30-18-20-7-5-4-6-8-20/h4-15H,16-18H2,1-3H3. The van der Waals surface area contributed by atoms with Gasteiger partial charge in [-0.2, -0.15) is 0 Å². The molecule has 5 nitrogen and oxygen atoms in total. The molecule has 5 heteroatoms. The van der Waals surface area contributed by atoms with Crippen LogP contribution >= 0.6 is 0 Å². The highest BCUT2D eigenvalue weighted by Gasteiger charge is 2.13. The quantitative estimate of drug-likeness (QED) is 0.527. The fourth-order valence-corrected chi connectivity index (χ4v) is 3.08. The summed E-state index contributed by atoms with van der Waals surface area (Å²) in [5.74, 6) is 2.15. The fourth-order valence-electron chi connectivity index (χ4n) is 3.08. The van der Waals surface area contributed by atoms with Crippen molar-refractivity contribution in [2.75, 3.05) is 21.3 Å². The Hall–Kier alpha value is -3.47. The minimum atomic E-state index is 0.0449. The molecule has 0 bridgehead atoms. The molecule has 0 fully saturated rings. The van der Waals surface area contributed by atoms with E-state index in [-0.39, 0.29) is 5.91 Å². The molecule has 3 aromatic carbocycles. The Labute approximate surface area is 177 Å². The topological polar surface area (TPSA) is 48.0 Å². The Morgan fingerprint density at radius 1 is 0.800 bits per heavy atom. The number of nitrogens with zero attached hydrogens (tertiary/aromatic N) is 1. The van der Waals surface area contributed by atoms with Crippen molar-refractivity contribution in [3.05, 3.63) is 89.5 Å². The summed E-state index contributed by atoms with van der Waals surface area (Å²) in [7, 11) is 5.05. The second-order valence-corrected chi connectivity index (χ2v) is 7.03. The van der Waals surface area contributed by atoms with Gasteiger partial charge in [0, 0.05) is 13.6 Å². The number of hydrogen-bond acceptors (Lipinski definition) is 4. The molecule has 0 heterocycles. The predicted octanol–water partition coefficient (Wildman–Crippen LogP) is 4.48. The summed E-state index contributed by atoms with van der Waals surface area (Å²) in [6, 6.07) is 23.3. The van der Waals surface area contributed by atoms with Crippen molar-refractivity contribution in [1.29, 1.82) is 0 Å². The second kappa shape index (κ2) is 10.3. The summed E-state index contributed by atoms with van der Waals surface area (Å²) in [6.45, 7) is 0.959. The maximum absolute atomic E-state index is 12.6. The highest BCUT2D eigenvalue weighted by Crippen LogP contribution is 2.29. The van der Waals surface area contributed by atoms with Crippen LogP contribution in [0.5, 0.6) is 17.2 Å². The van der Waals surface area contributed by atoms with Crippen LogP contribution in [0.15, 0.2) is 72.8 Å². The molecule has 0 aliphatic rings. The summed E-state index contributed by atoms with van der Waals surface area (Å²) in [5.41, 5.74) is 3.02. The van der Waals surface area contributed by atoms with E-state index < -0.39 is 0 Å². The van der Waals surface area contributed by atoms with Crippen LogP contribution in [0.1, 0.15) is 16.7 Å². The largest absolute Gasteiger partial charge is 0.497 e. The van der Waals surface area contributed by atoms with E-state index in [1.54, 1.807) is 26.2 Å². The van der Waals surface area contributed by atoms with Gasteiger partial charge in [0.15, 0.2) is 11.5 Å². The summed E-state index contributed by atoms with van der Waals surface area (Å²) in [4.78, 5) is 14.3. The minimum Gasteiger partial charge on any atom is -0.497 e. The third-order valence-electron chi connectivity index (χ3n) is 4.83. The van der Waals surface area contributed by atoms with Gasteiger partial charge in [-0.1, -0.05) is 48.5 Å². The number of carbonyl (C=O) groups excluding carboxylic acids is 1. The maximum Gasteiger partial charge on any atom is 0.227 e. The fraction of sp³-hybridized carbons (Fsp3) is 0.240. The number of carbonyl (C=O) groups is 1. The monoisotopic (exact) mass is 405 g/mol. The lowest BCUT2D eigenvalue weighted by atomic mass is 10.1. The number of ether oxygens (including phenoxy) is 3. The first-order valence-corrected chi connectivity index (χ1v) is 9.79. The van der Waals surface area contributed by atoms with Crippen LogP contribution in [0.25, 0.3) is 0 Å². The highest BCUT2D eigenvalue weighted by molar-refractivity contribution is 5.78. The number of hydrogen-bond donors (Lipinski definition) is 0. The molecular formula is C25H27NO4. The van der Waals surface area contributed by atoms with E-state index in [2.05, 4.69) is 0 Å². The van der Waals surface area contributed by atoms with Gasteiger partial charge in [0.05, 0.1) is 20.6 Å². The highest BCUT2D eigenvalue weighted by atomic mass is 16.5. The van der Waals surface area contributed by atoms with E-state index in [0.717, 1.165) is 22.4 Å². The smallest absolute Gasteiger partial charge is 0.227 e. The number of amides is 1. The third kappa shape index (κ3) is 5.77. The van der Waals surface area contributed by atoms with E-state index in [1.807, 2.05) is 72.8 Å². The van der Waals surface area contributed by atoms with Gasteiger partial charge >= 0.3 is 0 Å². The van der Waals surface area contributed by atoms with Crippen LogP contribution in [-0.2, 0) is 24.4 Å². The van der Waals surface area contributed by atoms with E-state index >= 15 is 0 Å². The van der Waals surface area contributed by atoms with Crippen LogP contribution in [-0.4, -0.2) is 32.1 Å². The van der Waals surface area contributed by atoms with E-state index in [0.29, 0.717) is 31.1 Å². The van der Waals surface area contributed by atoms with Crippen LogP contribution in [0.2, 0.25) is 0 Å². The maximum atomic E-state index is 12.6. The number of methoxy groups -OCH3 is 2. The van der Waals surface area contributed by atoms with Crippen LogP contribution in [0, 0.1) is 0 Å². The van der Waals surface area contributed by atoms with Gasteiger partial charge in [-0.25, -0.2) is 0 Å².